The first-order valence-corrected chi connectivity index (χ1v) is 8.98. The predicted octanol–water partition coefficient (Wildman–Crippen LogP) is 2.58. The van der Waals surface area contributed by atoms with Crippen LogP contribution in [0.1, 0.15) is 50.8 Å². The summed E-state index contributed by atoms with van der Waals surface area (Å²) in [5, 5.41) is 21.3. The Labute approximate surface area is 161 Å². The largest absolute Gasteiger partial charge is 0.507 e. The summed E-state index contributed by atoms with van der Waals surface area (Å²) in [4.78, 5) is 26.0. The first kappa shape index (κ1) is 18.5. The molecule has 7 heteroatoms. The van der Waals surface area contributed by atoms with Crippen LogP contribution in [0.25, 0.3) is 0 Å². The summed E-state index contributed by atoms with van der Waals surface area (Å²) in [5.74, 6) is -2.29. The maximum Gasteiger partial charge on any atom is 0.202 e. The van der Waals surface area contributed by atoms with Crippen LogP contribution in [0.4, 0.5) is 0 Å². The Kier molecular flexibility index (Phi) is 4.36. The smallest absolute Gasteiger partial charge is 0.202 e. The third kappa shape index (κ3) is 2.75. The monoisotopic (exact) mass is 384 g/mol. The SMILES string of the molecule is COc1cccc2c1C(=O)c1c(O)c(CCC3(C)OCCO3)cc(O)c1C2=O. The van der Waals surface area contributed by atoms with Gasteiger partial charge in [0.2, 0.25) is 5.78 Å². The highest BCUT2D eigenvalue weighted by atomic mass is 16.7. The van der Waals surface area contributed by atoms with E-state index in [4.69, 9.17) is 14.2 Å². The topological polar surface area (TPSA) is 102 Å². The number of hydrogen-bond acceptors (Lipinski definition) is 7. The Hall–Kier alpha value is -2.90. The van der Waals surface area contributed by atoms with E-state index < -0.39 is 17.4 Å². The molecule has 1 saturated heterocycles. The zero-order valence-electron chi connectivity index (χ0n) is 15.6. The van der Waals surface area contributed by atoms with Crippen LogP contribution in [0.15, 0.2) is 24.3 Å². The molecule has 0 saturated carbocycles. The fraction of sp³-hybridized carbons (Fsp3) is 0.333. The molecule has 0 amide bonds. The Bertz CT molecular complexity index is 987. The second-order valence-corrected chi connectivity index (χ2v) is 7.03. The van der Waals surface area contributed by atoms with Crippen molar-refractivity contribution < 1.29 is 34.0 Å². The average molecular weight is 384 g/mol. The van der Waals surface area contributed by atoms with Crippen LogP contribution in [0.5, 0.6) is 17.2 Å². The van der Waals surface area contributed by atoms with Crippen LogP contribution in [-0.4, -0.2) is 47.9 Å². The number of phenolic OH excluding ortho intramolecular Hbond substituents is 2. The molecule has 0 unspecified atom stereocenters. The van der Waals surface area contributed by atoms with Gasteiger partial charge in [0.25, 0.3) is 0 Å². The molecule has 2 aromatic rings. The summed E-state index contributed by atoms with van der Waals surface area (Å²) in [5.41, 5.74) is 0.182. The standard InChI is InChI=1S/C21H20O7/c1-21(27-8-9-28-21)7-6-11-10-13(22)16-17(18(11)23)20(25)15-12(19(16)24)4-3-5-14(15)26-2/h3-5,10,22-23H,6-9H2,1-2H3. The number of fused-ring (bicyclic) bond motifs is 2. The van der Waals surface area contributed by atoms with Crippen LogP contribution in [0.2, 0.25) is 0 Å². The molecule has 4 rings (SSSR count). The van der Waals surface area contributed by atoms with Gasteiger partial charge in [-0.05, 0) is 31.0 Å². The van der Waals surface area contributed by atoms with Gasteiger partial charge >= 0.3 is 0 Å². The molecule has 0 bridgehead atoms. The highest BCUT2D eigenvalue weighted by Gasteiger charge is 2.38. The molecule has 1 heterocycles. The third-order valence-corrected chi connectivity index (χ3v) is 5.28. The molecule has 0 radical (unpaired) electrons. The van der Waals surface area contributed by atoms with Crippen molar-refractivity contribution in [1.29, 1.82) is 0 Å². The van der Waals surface area contributed by atoms with E-state index in [0.717, 1.165) is 0 Å². The molecular formula is C21H20O7. The lowest BCUT2D eigenvalue weighted by Crippen LogP contribution is -2.26. The van der Waals surface area contributed by atoms with Crippen molar-refractivity contribution in [3.05, 3.63) is 52.1 Å². The highest BCUT2D eigenvalue weighted by molar-refractivity contribution is 6.31. The molecule has 1 fully saturated rings. The number of carbonyl (C=O) groups excluding carboxylic acids is 2. The molecule has 28 heavy (non-hydrogen) atoms. The van der Waals surface area contributed by atoms with E-state index in [9.17, 15) is 19.8 Å². The van der Waals surface area contributed by atoms with E-state index in [1.807, 2.05) is 0 Å². The van der Waals surface area contributed by atoms with E-state index in [1.165, 1.54) is 19.2 Å². The van der Waals surface area contributed by atoms with Crippen LogP contribution in [0, 0.1) is 0 Å². The number of aromatic hydroxyl groups is 2. The zero-order chi connectivity index (χ0) is 20.1. The molecule has 1 aliphatic carbocycles. The number of ketones is 2. The Balaban J connectivity index is 1.79. The van der Waals surface area contributed by atoms with E-state index in [-0.39, 0.29) is 39.5 Å². The molecule has 2 aliphatic rings. The molecule has 0 aromatic heterocycles. The normalized spacial score (nSPS) is 17.4. The first-order chi connectivity index (χ1) is 13.4. The van der Waals surface area contributed by atoms with Gasteiger partial charge in [-0.15, -0.1) is 0 Å². The van der Waals surface area contributed by atoms with Gasteiger partial charge < -0.3 is 24.4 Å². The molecule has 146 valence electrons. The second-order valence-electron chi connectivity index (χ2n) is 7.03. The van der Waals surface area contributed by atoms with Crippen molar-refractivity contribution in [2.75, 3.05) is 20.3 Å². The summed E-state index contributed by atoms with van der Waals surface area (Å²) in [6, 6.07) is 6.00. The van der Waals surface area contributed by atoms with Crippen LogP contribution in [0.3, 0.4) is 0 Å². The molecule has 2 aromatic carbocycles. The first-order valence-electron chi connectivity index (χ1n) is 8.98. The zero-order valence-corrected chi connectivity index (χ0v) is 15.6. The number of benzene rings is 2. The fourth-order valence-corrected chi connectivity index (χ4v) is 3.80. The molecule has 0 atom stereocenters. The van der Waals surface area contributed by atoms with Gasteiger partial charge in [-0.25, -0.2) is 0 Å². The predicted molar refractivity (Wildman–Crippen MR) is 98.3 cm³/mol. The van der Waals surface area contributed by atoms with E-state index in [2.05, 4.69) is 0 Å². The molecule has 1 aliphatic heterocycles. The van der Waals surface area contributed by atoms with Gasteiger partial charge in [0.15, 0.2) is 11.6 Å². The number of methoxy groups -OCH3 is 1. The maximum absolute atomic E-state index is 13.1. The van der Waals surface area contributed by atoms with E-state index in [1.54, 1.807) is 19.1 Å². The van der Waals surface area contributed by atoms with E-state index >= 15 is 0 Å². The summed E-state index contributed by atoms with van der Waals surface area (Å²) >= 11 is 0. The van der Waals surface area contributed by atoms with Gasteiger partial charge in [-0.1, -0.05) is 12.1 Å². The minimum atomic E-state index is -0.784. The Morgan fingerprint density at radius 1 is 1.07 bits per heavy atom. The summed E-state index contributed by atoms with van der Waals surface area (Å²) < 4.78 is 16.3. The average Bonchev–Trinajstić information content (AvgIpc) is 3.12. The Morgan fingerprint density at radius 2 is 1.79 bits per heavy atom. The summed E-state index contributed by atoms with van der Waals surface area (Å²) in [6.45, 7) is 2.77. The van der Waals surface area contributed by atoms with Crippen LogP contribution < -0.4 is 4.74 Å². The number of aryl methyl sites for hydroxylation is 1. The quantitative estimate of drug-likeness (QED) is 0.667. The van der Waals surface area contributed by atoms with Crippen molar-refractivity contribution in [2.24, 2.45) is 0 Å². The lowest BCUT2D eigenvalue weighted by Gasteiger charge is -2.24. The number of carbonyl (C=O) groups is 2. The van der Waals surface area contributed by atoms with Crippen molar-refractivity contribution in [1.82, 2.24) is 0 Å². The summed E-state index contributed by atoms with van der Waals surface area (Å²) in [6.07, 6.45) is 0.713. The van der Waals surface area contributed by atoms with Gasteiger partial charge in [0.05, 0.1) is 37.0 Å². The van der Waals surface area contributed by atoms with Crippen LogP contribution >= 0.6 is 0 Å². The highest BCUT2D eigenvalue weighted by Crippen LogP contribution is 2.43. The minimum Gasteiger partial charge on any atom is -0.507 e. The molecule has 2 N–H and O–H groups in total. The number of rotatable bonds is 4. The molecule has 0 spiro atoms. The van der Waals surface area contributed by atoms with Crippen molar-refractivity contribution in [3.8, 4) is 17.2 Å². The Morgan fingerprint density at radius 3 is 2.46 bits per heavy atom. The number of hydrogen-bond donors (Lipinski definition) is 2. The van der Waals surface area contributed by atoms with Crippen molar-refractivity contribution >= 4 is 11.6 Å². The summed E-state index contributed by atoms with van der Waals surface area (Å²) in [7, 11) is 1.40. The van der Waals surface area contributed by atoms with Gasteiger partial charge in [0.1, 0.15) is 17.2 Å². The van der Waals surface area contributed by atoms with Crippen molar-refractivity contribution in [2.45, 2.75) is 25.6 Å². The van der Waals surface area contributed by atoms with Crippen LogP contribution in [-0.2, 0) is 15.9 Å². The van der Waals surface area contributed by atoms with Gasteiger partial charge in [0, 0.05) is 12.0 Å². The second kappa shape index (κ2) is 6.61. The third-order valence-electron chi connectivity index (χ3n) is 5.28. The fourth-order valence-electron chi connectivity index (χ4n) is 3.80. The van der Waals surface area contributed by atoms with E-state index in [0.29, 0.717) is 31.6 Å². The number of phenols is 2. The maximum atomic E-state index is 13.1. The lowest BCUT2D eigenvalue weighted by molar-refractivity contribution is -0.146. The van der Waals surface area contributed by atoms with Gasteiger partial charge in [-0.3, -0.25) is 9.59 Å². The molecule has 7 nitrogen and oxygen atoms in total. The van der Waals surface area contributed by atoms with Crippen molar-refractivity contribution in [3.63, 3.8) is 0 Å². The molecular weight excluding hydrogens is 364 g/mol. The number of ether oxygens (including phenoxy) is 3. The lowest BCUT2D eigenvalue weighted by atomic mass is 9.81. The minimum absolute atomic E-state index is 0.0868. The van der Waals surface area contributed by atoms with Gasteiger partial charge in [-0.2, -0.15) is 0 Å².